The average Bonchev–Trinajstić information content (AvgIpc) is 3.26. The van der Waals surface area contributed by atoms with Crippen molar-refractivity contribution in [3.8, 4) is 5.75 Å². The van der Waals surface area contributed by atoms with Crippen LogP contribution < -0.4 is 15.5 Å². The fraction of sp³-hybridized carbons (Fsp3) is 0.192. The molecule has 2 atom stereocenters. The van der Waals surface area contributed by atoms with Gasteiger partial charge in [0.25, 0.3) is 0 Å². The maximum Gasteiger partial charge on any atom is 0.240 e. The van der Waals surface area contributed by atoms with E-state index in [1.54, 1.807) is 16.8 Å². The zero-order valence-corrected chi connectivity index (χ0v) is 20.1. The van der Waals surface area contributed by atoms with Crippen LogP contribution >= 0.6 is 11.8 Å². The fourth-order valence-corrected chi connectivity index (χ4v) is 5.03. The van der Waals surface area contributed by atoms with Crippen molar-refractivity contribution < 1.29 is 13.9 Å². The summed E-state index contributed by atoms with van der Waals surface area (Å²) in [6, 6.07) is 21.0. The first-order valence-corrected chi connectivity index (χ1v) is 12.0. The molecular formula is C26H24FN5O2S. The Morgan fingerprint density at radius 2 is 1.86 bits per heavy atom. The van der Waals surface area contributed by atoms with E-state index in [9.17, 15) is 9.18 Å². The van der Waals surface area contributed by atoms with E-state index in [0.29, 0.717) is 16.7 Å². The summed E-state index contributed by atoms with van der Waals surface area (Å²) in [5, 5.41) is 11.6. The molecule has 0 bridgehead atoms. The molecule has 4 aromatic rings. The molecule has 35 heavy (non-hydrogen) atoms. The Labute approximate surface area is 206 Å². The quantitative estimate of drug-likeness (QED) is 0.396. The molecule has 1 aromatic heterocycles. The number of nitrogens with zero attached hydrogens (tertiary/aromatic N) is 3. The number of benzene rings is 3. The molecule has 0 spiro atoms. The molecule has 0 saturated heterocycles. The first-order chi connectivity index (χ1) is 17.0. The second-order valence-corrected chi connectivity index (χ2v) is 9.45. The molecule has 0 unspecified atom stereocenters. The van der Waals surface area contributed by atoms with Gasteiger partial charge < -0.3 is 15.5 Å². The topological polar surface area (TPSA) is 81.1 Å². The number of halogens is 1. The van der Waals surface area contributed by atoms with Crippen LogP contribution in [0.25, 0.3) is 0 Å². The van der Waals surface area contributed by atoms with E-state index in [0.717, 1.165) is 22.4 Å². The summed E-state index contributed by atoms with van der Waals surface area (Å²) >= 11 is 1.31. The van der Waals surface area contributed by atoms with E-state index in [4.69, 9.17) is 4.74 Å². The van der Waals surface area contributed by atoms with Crippen LogP contribution in [0.2, 0.25) is 0 Å². The summed E-state index contributed by atoms with van der Waals surface area (Å²) in [6.07, 6.45) is 0. The van der Waals surface area contributed by atoms with Gasteiger partial charge in [0.05, 0.1) is 6.04 Å². The lowest BCUT2D eigenvalue weighted by atomic mass is 10.0. The van der Waals surface area contributed by atoms with E-state index in [-0.39, 0.29) is 18.3 Å². The van der Waals surface area contributed by atoms with Gasteiger partial charge in [-0.25, -0.2) is 9.07 Å². The molecular weight excluding hydrogens is 465 g/mol. The van der Waals surface area contributed by atoms with Crippen LogP contribution in [0, 0.1) is 19.7 Å². The molecule has 2 heterocycles. The number of aromatic nitrogens is 3. The third-order valence-corrected chi connectivity index (χ3v) is 6.96. The van der Waals surface area contributed by atoms with E-state index in [1.807, 2.05) is 62.4 Å². The predicted molar refractivity (Wildman–Crippen MR) is 133 cm³/mol. The zero-order valence-electron chi connectivity index (χ0n) is 19.2. The van der Waals surface area contributed by atoms with Gasteiger partial charge in [0.2, 0.25) is 11.1 Å². The van der Waals surface area contributed by atoms with Crippen molar-refractivity contribution in [2.24, 2.45) is 0 Å². The Hall–Kier alpha value is -3.85. The molecule has 9 heteroatoms. The highest BCUT2D eigenvalue weighted by molar-refractivity contribution is 8.00. The largest absolute Gasteiger partial charge is 0.486 e. The molecule has 0 aliphatic carbocycles. The Balaban J connectivity index is 1.42. The van der Waals surface area contributed by atoms with Gasteiger partial charge in [-0.3, -0.25) is 4.79 Å². The zero-order chi connectivity index (χ0) is 24.4. The van der Waals surface area contributed by atoms with Crippen molar-refractivity contribution in [1.82, 2.24) is 14.9 Å². The van der Waals surface area contributed by atoms with E-state index >= 15 is 0 Å². The number of amides is 1. The van der Waals surface area contributed by atoms with Crippen LogP contribution in [0.4, 0.5) is 10.1 Å². The number of aryl methyl sites for hydroxylation is 2. The summed E-state index contributed by atoms with van der Waals surface area (Å²) in [5.74, 6) is 0.765. The number of hydrogen-bond donors (Lipinski definition) is 2. The van der Waals surface area contributed by atoms with Crippen LogP contribution in [-0.4, -0.2) is 26.0 Å². The molecule has 2 N–H and O–H groups in total. The van der Waals surface area contributed by atoms with Crippen molar-refractivity contribution in [2.75, 3.05) is 10.7 Å². The van der Waals surface area contributed by atoms with Gasteiger partial charge in [-0.2, -0.15) is 0 Å². The second kappa shape index (κ2) is 9.79. The van der Waals surface area contributed by atoms with Crippen molar-refractivity contribution >= 4 is 23.4 Å². The fourth-order valence-electron chi connectivity index (χ4n) is 3.93. The summed E-state index contributed by atoms with van der Waals surface area (Å²) in [7, 11) is 0. The standard InChI is InChI=1S/C26H24FN5O2S/c1-16-8-13-21(17(2)14-16)28-25(33)24-23(18-9-11-19(27)12-10-18)31-32-22(29-30-26(32)35-24)15-34-20-6-4-3-5-7-20/h3-14,23-24,31H,15H2,1-2H3,(H,28,33)/t23-,24-/m1/s1. The lowest BCUT2D eigenvalue weighted by Crippen LogP contribution is -2.41. The molecule has 7 nitrogen and oxygen atoms in total. The van der Waals surface area contributed by atoms with E-state index in [1.165, 1.54) is 23.9 Å². The summed E-state index contributed by atoms with van der Waals surface area (Å²) < 4.78 is 21.2. The highest BCUT2D eigenvalue weighted by atomic mass is 32.2. The SMILES string of the molecule is Cc1ccc(NC(=O)[C@@H]2Sc3nnc(COc4ccccc4)n3N[C@@H]2c2ccc(F)cc2)c(C)c1. The summed E-state index contributed by atoms with van der Waals surface area (Å²) in [5.41, 5.74) is 6.99. The van der Waals surface area contributed by atoms with Gasteiger partial charge in [-0.15, -0.1) is 10.2 Å². The van der Waals surface area contributed by atoms with Crippen molar-refractivity contribution in [1.29, 1.82) is 0 Å². The highest BCUT2D eigenvalue weighted by Gasteiger charge is 2.38. The van der Waals surface area contributed by atoms with Crippen LogP contribution in [-0.2, 0) is 11.4 Å². The lowest BCUT2D eigenvalue weighted by Gasteiger charge is -2.33. The normalized spacial score (nSPS) is 16.8. The molecule has 5 rings (SSSR count). The van der Waals surface area contributed by atoms with E-state index in [2.05, 4.69) is 20.9 Å². The number of para-hydroxylation sites is 1. The van der Waals surface area contributed by atoms with Gasteiger partial charge in [0, 0.05) is 5.69 Å². The van der Waals surface area contributed by atoms with Crippen LogP contribution in [0.3, 0.4) is 0 Å². The number of rotatable bonds is 6. The van der Waals surface area contributed by atoms with Crippen molar-refractivity contribution in [2.45, 2.75) is 36.9 Å². The number of hydrogen-bond acceptors (Lipinski definition) is 6. The van der Waals surface area contributed by atoms with Gasteiger partial charge in [-0.1, -0.05) is 59.8 Å². The van der Waals surface area contributed by atoms with Crippen LogP contribution in [0.1, 0.15) is 28.6 Å². The van der Waals surface area contributed by atoms with Gasteiger partial charge in [-0.05, 0) is 55.3 Å². The minimum Gasteiger partial charge on any atom is -0.486 e. The number of carbonyl (C=O) groups excluding carboxylic acids is 1. The van der Waals surface area contributed by atoms with E-state index < -0.39 is 11.3 Å². The number of nitrogens with one attached hydrogen (secondary N) is 2. The summed E-state index contributed by atoms with van der Waals surface area (Å²) in [4.78, 5) is 13.5. The first-order valence-electron chi connectivity index (χ1n) is 11.2. The van der Waals surface area contributed by atoms with Gasteiger partial charge >= 0.3 is 0 Å². The molecule has 1 aliphatic rings. The molecule has 1 aliphatic heterocycles. The predicted octanol–water partition coefficient (Wildman–Crippen LogP) is 5.01. The van der Waals surface area contributed by atoms with Crippen LogP contribution in [0.5, 0.6) is 5.75 Å². The molecule has 178 valence electrons. The minimum atomic E-state index is -0.569. The number of ether oxygens (including phenoxy) is 1. The maximum atomic E-state index is 13.6. The minimum absolute atomic E-state index is 0.180. The Bertz CT molecular complexity index is 1340. The highest BCUT2D eigenvalue weighted by Crippen LogP contribution is 2.38. The third-order valence-electron chi connectivity index (χ3n) is 5.74. The number of fused-ring (bicyclic) bond motifs is 1. The smallest absolute Gasteiger partial charge is 0.240 e. The first kappa shape index (κ1) is 22.9. The van der Waals surface area contributed by atoms with Gasteiger partial charge in [0.15, 0.2) is 5.82 Å². The molecule has 0 fully saturated rings. The average molecular weight is 490 g/mol. The number of carbonyl (C=O) groups is 1. The Morgan fingerprint density at radius 1 is 1.09 bits per heavy atom. The molecule has 0 saturated carbocycles. The maximum absolute atomic E-state index is 13.6. The molecule has 0 radical (unpaired) electrons. The summed E-state index contributed by atoms with van der Waals surface area (Å²) in [6.45, 7) is 4.16. The molecule has 3 aromatic carbocycles. The molecule has 1 amide bonds. The monoisotopic (exact) mass is 489 g/mol. The van der Waals surface area contributed by atoms with Gasteiger partial charge in [0.1, 0.15) is 23.4 Å². The number of thioether (sulfide) groups is 1. The number of anilines is 1. The van der Waals surface area contributed by atoms with Crippen molar-refractivity contribution in [3.63, 3.8) is 0 Å². The lowest BCUT2D eigenvalue weighted by molar-refractivity contribution is -0.116. The third kappa shape index (κ3) is 5.00. The van der Waals surface area contributed by atoms with Crippen molar-refractivity contribution in [3.05, 3.63) is 101 Å². The van der Waals surface area contributed by atoms with Crippen LogP contribution in [0.15, 0.2) is 78.0 Å². The Kier molecular flexibility index (Phi) is 6.41. The Morgan fingerprint density at radius 3 is 2.60 bits per heavy atom. The second-order valence-electron chi connectivity index (χ2n) is 8.34.